The summed E-state index contributed by atoms with van der Waals surface area (Å²) in [5.74, 6) is -1.23. The van der Waals surface area contributed by atoms with Crippen molar-refractivity contribution < 1.29 is 9.90 Å². The predicted octanol–water partition coefficient (Wildman–Crippen LogP) is 7.17. The number of hydrogen-bond acceptors (Lipinski definition) is 1. The number of hydrogen-bond donors (Lipinski definition) is 1. The van der Waals surface area contributed by atoms with E-state index < -0.39 is 11.4 Å². The van der Waals surface area contributed by atoms with E-state index in [1.807, 2.05) is 73.7 Å². The molecule has 0 aliphatic rings. The van der Waals surface area contributed by atoms with Crippen LogP contribution in [-0.2, 0) is 10.2 Å². The maximum absolute atomic E-state index is 13.1. The number of carbonyl (C=O) groups is 1. The van der Waals surface area contributed by atoms with Crippen LogP contribution in [0.25, 0.3) is 21.5 Å². The van der Waals surface area contributed by atoms with Crippen molar-refractivity contribution in [3.8, 4) is 0 Å². The van der Waals surface area contributed by atoms with Crippen molar-refractivity contribution in [1.82, 2.24) is 0 Å². The molecular weight excluding hydrogens is 392 g/mol. The summed E-state index contributed by atoms with van der Waals surface area (Å²) in [4.78, 5) is 13.1. The average Bonchev–Trinajstić information content (AvgIpc) is 2.85. The lowest BCUT2D eigenvalue weighted by Gasteiger charge is -2.36. The van der Waals surface area contributed by atoms with Gasteiger partial charge in [-0.25, -0.2) is 0 Å². The molecule has 5 aromatic carbocycles. The highest BCUT2D eigenvalue weighted by Gasteiger charge is 2.45. The molecule has 5 aromatic rings. The van der Waals surface area contributed by atoms with Crippen LogP contribution in [0.2, 0.25) is 0 Å². The van der Waals surface area contributed by atoms with Gasteiger partial charge in [-0.15, -0.1) is 0 Å². The van der Waals surface area contributed by atoms with Crippen molar-refractivity contribution in [3.05, 3.63) is 132 Å². The largest absolute Gasteiger partial charge is 0.481 e. The number of carboxylic acids is 1. The third kappa shape index (κ3) is 3.16. The summed E-state index contributed by atoms with van der Waals surface area (Å²) in [6, 6.07) is 38.4. The Kier molecular flexibility index (Phi) is 4.99. The molecule has 1 N–H and O–H groups in total. The molecule has 0 heterocycles. The normalized spacial score (nSPS) is 13.3. The van der Waals surface area contributed by atoms with Crippen molar-refractivity contribution in [1.29, 1.82) is 0 Å². The van der Waals surface area contributed by atoms with Gasteiger partial charge in [0.25, 0.3) is 0 Å². The Morgan fingerprint density at radius 2 is 1.06 bits per heavy atom. The summed E-state index contributed by atoms with van der Waals surface area (Å²) in [6.45, 7) is 1.86. The second-order valence-electron chi connectivity index (χ2n) is 8.44. The fourth-order valence-electron chi connectivity index (χ4n) is 4.99. The standard InChI is InChI=1S/C30H24O2/c1-30(29(31)32,23-15-3-2-4-16-23)28(26-19-9-13-21-11-5-7-17-24(21)26)27-20-10-14-22-12-6-8-18-25(22)27/h2-20,28H,1H3,(H,31,32)/t30-/m0/s1. The van der Waals surface area contributed by atoms with Gasteiger partial charge in [0.05, 0.1) is 0 Å². The van der Waals surface area contributed by atoms with E-state index in [1.165, 1.54) is 0 Å². The molecule has 0 radical (unpaired) electrons. The number of fused-ring (bicyclic) bond motifs is 2. The van der Waals surface area contributed by atoms with Crippen molar-refractivity contribution in [2.24, 2.45) is 0 Å². The van der Waals surface area contributed by atoms with Gasteiger partial charge in [0.15, 0.2) is 0 Å². The fourth-order valence-corrected chi connectivity index (χ4v) is 4.99. The first kappa shape index (κ1) is 20.0. The van der Waals surface area contributed by atoms with Gasteiger partial charge >= 0.3 is 5.97 Å². The van der Waals surface area contributed by atoms with E-state index in [4.69, 9.17) is 0 Å². The van der Waals surface area contributed by atoms with Crippen LogP contribution >= 0.6 is 0 Å². The first-order chi connectivity index (χ1) is 15.6. The maximum Gasteiger partial charge on any atom is 0.314 e. The van der Waals surface area contributed by atoms with Crippen LogP contribution in [0.15, 0.2) is 115 Å². The molecule has 0 spiro atoms. The summed E-state index contributed by atoms with van der Waals surface area (Å²) >= 11 is 0. The smallest absolute Gasteiger partial charge is 0.314 e. The monoisotopic (exact) mass is 416 g/mol. The van der Waals surface area contributed by atoms with Crippen LogP contribution in [0.3, 0.4) is 0 Å². The van der Waals surface area contributed by atoms with E-state index in [1.54, 1.807) is 0 Å². The zero-order valence-corrected chi connectivity index (χ0v) is 17.9. The molecule has 0 amide bonds. The molecule has 0 unspecified atom stereocenters. The Morgan fingerprint density at radius 3 is 1.56 bits per heavy atom. The third-order valence-corrected chi connectivity index (χ3v) is 6.66. The van der Waals surface area contributed by atoms with Gasteiger partial charge in [0.2, 0.25) is 0 Å². The molecule has 1 atom stereocenters. The van der Waals surface area contributed by atoms with E-state index in [-0.39, 0.29) is 5.92 Å². The highest BCUT2D eigenvalue weighted by molar-refractivity contribution is 5.93. The Bertz CT molecular complexity index is 1330. The van der Waals surface area contributed by atoms with E-state index in [2.05, 4.69) is 48.5 Å². The second-order valence-corrected chi connectivity index (χ2v) is 8.44. The molecule has 0 aromatic heterocycles. The summed E-state index contributed by atoms with van der Waals surface area (Å²) in [6.07, 6.45) is 0. The van der Waals surface area contributed by atoms with Crippen LogP contribution in [-0.4, -0.2) is 11.1 Å². The van der Waals surface area contributed by atoms with Crippen LogP contribution in [0.1, 0.15) is 29.5 Å². The fraction of sp³-hybridized carbons (Fsp3) is 0.100. The van der Waals surface area contributed by atoms with Gasteiger partial charge in [-0.1, -0.05) is 115 Å². The number of carboxylic acid groups (broad SMARTS) is 1. The van der Waals surface area contributed by atoms with Crippen molar-refractivity contribution in [3.63, 3.8) is 0 Å². The van der Waals surface area contributed by atoms with Gasteiger partial charge in [-0.2, -0.15) is 0 Å². The minimum absolute atomic E-state index is 0.389. The lowest BCUT2D eigenvalue weighted by Crippen LogP contribution is -2.39. The Labute approximate surface area is 187 Å². The molecule has 0 saturated heterocycles. The van der Waals surface area contributed by atoms with Gasteiger partial charge in [-0.05, 0) is 45.2 Å². The minimum atomic E-state index is -1.17. The van der Waals surface area contributed by atoms with Crippen molar-refractivity contribution in [2.75, 3.05) is 0 Å². The molecule has 0 fully saturated rings. The van der Waals surface area contributed by atoms with Gasteiger partial charge < -0.3 is 5.11 Å². The summed E-state index contributed by atoms with van der Waals surface area (Å²) < 4.78 is 0. The van der Waals surface area contributed by atoms with Gasteiger partial charge in [0, 0.05) is 5.92 Å². The SMILES string of the molecule is C[C@](C(=O)O)(c1ccccc1)C(c1cccc2ccccc12)c1cccc2ccccc12. The molecule has 32 heavy (non-hydrogen) atoms. The van der Waals surface area contributed by atoms with Gasteiger partial charge in [-0.3, -0.25) is 4.79 Å². The molecule has 5 rings (SSSR count). The summed E-state index contributed by atoms with van der Waals surface area (Å²) in [5, 5.41) is 15.1. The maximum atomic E-state index is 13.1. The number of benzene rings is 5. The predicted molar refractivity (Wildman–Crippen MR) is 131 cm³/mol. The van der Waals surface area contributed by atoms with Crippen LogP contribution in [0.5, 0.6) is 0 Å². The zero-order valence-electron chi connectivity index (χ0n) is 17.9. The van der Waals surface area contributed by atoms with Crippen LogP contribution in [0.4, 0.5) is 0 Å². The first-order valence-corrected chi connectivity index (χ1v) is 10.8. The average molecular weight is 417 g/mol. The van der Waals surface area contributed by atoms with Crippen molar-refractivity contribution in [2.45, 2.75) is 18.3 Å². The molecule has 2 nitrogen and oxygen atoms in total. The molecule has 0 aliphatic heterocycles. The molecule has 2 heteroatoms. The quantitative estimate of drug-likeness (QED) is 0.330. The number of rotatable bonds is 5. The summed E-state index contributed by atoms with van der Waals surface area (Å²) in [5.41, 5.74) is 1.66. The van der Waals surface area contributed by atoms with Gasteiger partial charge in [0.1, 0.15) is 5.41 Å². The van der Waals surface area contributed by atoms with E-state index >= 15 is 0 Å². The second kappa shape index (κ2) is 7.97. The highest BCUT2D eigenvalue weighted by Crippen LogP contribution is 2.47. The molecule has 0 bridgehead atoms. The Hall–Kier alpha value is -3.91. The Morgan fingerprint density at radius 1 is 0.625 bits per heavy atom. The van der Waals surface area contributed by atoms with E-state index in [9.17, 15) is 9.90 Å². The lowest BCUT2D eigenvalue weighted by atomic mass is 9.65. The van der Waals surface area contributed by atoms with E-state index in [0.29, 0.717) is 0 Å². The number of aliphatic carboxylic acids is 1. The first-order valence-electron chi connectivity index (χ1n) is 10.8. The zero-order chi connectivity index (χ0) is 22.1. The van der Waals surface area contributed by atoms with Crippen LogP contribution < -0.4 is 0 Å². The highest BCUT2D eigenvalue weighted by atomic mass is 16.4. The molecule has 0 saturated carbocycles. The minimum Gasteiger partial charge on any atom is -0.481 e. The van der Waals surface area contributed by atoms with Crippen LogP contribution in [0, 0.1) is 0 Å². The summed E-state index contributed by atoms with van der Waals surface area (Å²) in [7, 11) is 0. The Balaban J connectivity index is 1.91. The van der Waals surface area contributed by atoms with Crippen molar-refractivity contribution >= 4 is 27.5 Å². The molecule has 156 valence electrons. The lowest BCUT2D eigenvalue weighted by molar-refractivity contribution is -0.143. The topological polar surface area (TPSA) is 37.3 Å². The molecular formula is C30H24O2. The third-order valence-electron chi connectivity index (χ3n) is 6.66. The van der Waals surface area contributed by atoms with E-state index in [0.717, 1.165) is 38.2 Å². The molecule has 0 aliphatic carbocycles.